The molecule has 12 nitrogen and oxygen atoms in total. The van der Waals surface area contributed by atoms with Gasteiger partial charge in [0.05, 0.1) is 25.9 Å². The van der Waals surface area contributed by atoms with Crippen molar-refractivity contribution in [3.63, 3.8) is 0 Å². The van der Waals surface area contributed by atoms with E-state index in [9.17, 15) is 30.0 Å². The SMILES string of the molecule is CO.COC(=O)C1(O)C[C@H](O)[C@@H](NC(C)=O)[C@H]([C@H](O)[C@H](O)CO)O1.O. The van der Waals surface area contributed by atoms with Crippen molar-refractivity contribution in [1.82, 2.24) is 5.32 Å². The molecule has 12 heteroatoms. The van der Waals surface area contributed by atoms with Crippen molar-refractivity contribution in [2.24, 2.45) is 0 Å². The van der Waals surface area contributed by atoms with Crippen molar-refractivity contribution in [3.05, 3.63) is 0 Å². The molecule has 0 radical (unpaired) electrons. The highest BCUT2D eigenvalue weighted by Crippen LogP contribution is 2.31. The Hall–Kier alpha value is -1.38. The van der Waals surface area contributed by atoms with Crippen LogP contribution >= 0.6 is 0 Å². The molecule has 1 unspecified atom stereocenters. The number of hydrogen-bond donors (Lipinski definition) is 7. The van der Waals surface area contributed by atoms with Gasteiger partial charge in [0, 0.05) is 20.5 Å². The molecule has 1 rings (SSSR count). The topological polar surface area (TPSA) is 218 Å². The van der Waals surface area contributed by atoms with Gasteiger partial charge in [0.25, 0.3) is 5.79 Å². The molecule has 25 heavy (non-hydrogen) atoms. The average molecular weight is 373 g/mol. The predicted molar refractivity (Wildman–Crippen MR) is 80.9 cm³/mol. The number of hydrogen-bond acceptors (Lipinski definition) is 10. The average Bonchev–Trinajstić information content (AvgIpc) is 2.56. The lowest BCUT2D eigenvalue weighted by Gasteiger charge is -2.45. The molecular formula is C13H27NO11. The van der Waals surface area contributed by atoms with Crippen LogP contribution in [-0.2, 0) is 19.1 Å². The fourth-order valence-electron chi connectivity index (χ4n) is 2.29. The second kappa shape index (κ2) is 11.3. The van der Waals surface area contributed by atoms with E-state index >= 15 is 0 Å². The zero-order chi connectivity index (χ0) is 19.1. The molecule has 1 fully saturated rings. The van der Waals surface area contributed by atoms with E-state index in [1.54, 1.807) is 0 Å². The summed E-state index contributed by atoms with van der Waals surface area (Å²) in [7, 11) is 1.99. The van der Waals surface area contributed by atoms with Gasteiger partial charge in [0.1, 0.15) is 18.3 Å². The lowest BCUT2D eigenvalue weighted by molar-refractivity contribution is -0.296. The Morgan fingerprint density at radius 2 is 1.88 bits per heavy atom. The third kappa shape index (κ3) is 6.45. The summed E-state index contributed by atoms with van der Waals surface area (Å²) in [6.07, 6.45) is -7.09. The van der Waals surface area contributed by atoms with Gasteiger partial charge in [0.2, 0.25) is 5.91 Å². The van der Waals surface area contributed by atoms with Crippen LogP contribution in [0.3, 0.4) is 0 Å². The number of ether oxygens (including phenoxy) is 2. The number of rotatable bonds is 5. The van der Waals surface area contributed by atoms with Crippen molar-refractivity contribution in [3.8, 4) is 0 Å². The molecule has 0 bridgehead atoms. The standard InChI is InChI=1S/C12H21NO9.CH4O.H2O/c1-5(15)13-8-6(16)3-12(20,11(19)21-2)22-10(8)9(18)7(17)4-14;1-2;/h6-10,14,16-18,20H,3-4H2,1-2H3,(H,13,15);2H,1H3;1H2/t6-,7+,8+,9+,10+,12?;;/m0../s1. The van der Waals surface area contributed by atoms with Crippen molar-refractivity contribution < 1.29 is 55.2 Å². The minimum Gasteiger partial charge on any atom is -0.465 e. The molecule has 1 saturated heterocycles. The Morgan fingerprint density at radius 3 is 2.28 bits per heavy atom. The summed E-state index contributed by atoms with van der Waals surface area (Å²) in [5.74, 6) is -4.32. The van der Waals surface area contributed by atoms with Gasteiger partial charge in [0.15, 0.2) is 0 Å². The van der Waals surface area contributed by atoms with Crippen LogP contribution in [-0.4, -0.2) is 105 Å². The molecule has 1 amide bonds. The molecule has 150 valence electrons. The number of amides is 1. The molecular weight excluding hydrogens is 346 g/mol. The Kier molecular flexibility index (Phi) is 11.7. The number of esters is 1. The van der Waals surface area contributed by atoms with E-state index < -0.39 is 61.1 Å². The van der Waals surface area contributed by atoms with Crippen LogP contribution in [0.4, 0.5) is 0 Å². The molecule has 0 aromatic rings. The Bertz CT molecular complexity index is 421. The zero-order valence-electron chi connectivity index (χ0n) is 14.1. The van der Waals surface area contributed by atoms with Crippen LogP contribution in [0.25, 0.3) is 0 Å². The highest BCUT2D eigenvalue weighted by Gasteiger charge is 2.54. The van der Waals surface area contributed by atoms with Crippen molar-refractivity contribution in [2.45, 2.75) is 49.6 Å². The maximum Gasteiger partial charge on any atom is 0.366 e. The number of aliphatic hydroxyl groups is 6. The fourth-order valence-corrected chi connectivity index (χ4v) is 2.29. The fraction of sp³-hybridized carbons (Fsp3) is 0.846. The summed E-state index contributed by atoms with van der Waals surface area (Å²) in [6.45, 7) is 0.320. The van der Waals surface area contributed by atoms with E-state index in [4.69, 9.17) is 14.9 Å². The zero-order valence-corrected chi connectivity index (χ0v) is 14.1. The van der Waals surface area contributed by atoms with Gasteiger partial charge in [-0.15, -0.1) is 0 Å². The normalized spacial score (nSPS) is 30.7. The van der Waals surface area contributed by atoms with Crippen LogP contribution in [0, 0.1) is 0 Å². The Labute approximate surface area is 143 Å². The van der Waals surface area contributed by atoms with E-state index in [2.05, 4.69) is 10.1 Å². The van der Waals surface area contributed by atoms with Crippen LogP contribution in [0.15, 0.2) is 0 Å². The summed E-state index contributed by atoms with van der Waals surface area (Å²) in [5, 5.41) is 57.8. The van der Waals surface area contributed by atoms with Crippen LogP contribution in [0.1, 0.15) is 13.3 Å². The smallest absolute Gasteiger partial charge is 0.366 e. The third-order valence-corrected chi connectivity index (χ3v) is 3.38. The second-order valence-electron chi connectivity index (χ2n) is 5.10. The maximum absolute atomic E-state index is 11.6. The quantitative estimate of drug-likeness (QED) is 0.227. The van der Waals surface area contributed by atoms with Gasteiger partial charge in [-0.25, -0.2) is 4.79 Å². The number of carbonyl (C=O) groups is 2. The maximum atomic E-state index is 11.6. The minimum absolute atomic E-state index is 0. The number of nitrogens with one attached hydrogen (secondary N) is 1. The molecule has 0 spiro atoms. The van der Waals surface area contributed by atoms with E-state index in [1.165, 1.54) is 0 Å². The Balaban J connectivity index is 0. The molecule has 6 atom stereocenters. The molecule has 0 aliphatic carbocycles. The Morgan fingerprint density at radius 1 is 1.36 bits per heavy atom. The van der Waals surface area contributed by atoms with Gasteiger partial charge in [-0.2, -0.15) is 0 Å². The van der Waals surface area contributed by atoms with E-state index in [-0.39, 0.29) is 5.48 Å². The second-order valence-corrected chi connectivity index (χ2v) is 5.10. The largest absolute Gasteiger partial charge is 0.465 e. The molecule has 1 aliphatic heterocycles. The first kappa shape index (κ1) is 25.9. The summed E-state index contributed by atoms with van der Waals surface area (Å²) in [5.41, 5.74) is 0. The van der Waals surface area contributed by atoms with Crippen molar-refractivity contribution in [1.29, 1.82) is 0 Å². The minimum atomic E-state index is -2.55. The summed E-state index contributed by atoms with van der Waals surface area (Å²) < 4.78 is 9.45. The third-order valence-electron chi connectivity index (χ3n) is 3.38. The van der Waals surface area contributed by atoms with E-state index in [0.717, 1.165) is 21.1 Å². The number of carbonyl (C=O) groups excluding carboxylic acids is 2. The summed E-state index contributed by atoms with van der Waals surface area (Å²) in [6, 6.07) is -1.21. The highest BCUT2D eigenvalue weighted by molar-refractivity contribution is 5.78. The van der Waals surface area contributed by atoms with Crippen LogP contribution in [0.5, 0.6) is 0 Å². The number of aliphatic hydroxyl groups excluding tert-OH is 5. The summed E-state index contributed by atoms with van der Waals surface area (Å²) in [4.78, 5) is 22.8. The van der Waals surface area contributed by atoms with Gasteiger partial charge in [-0.05, 0) is 0 Å². The van der Waals surface area contributed by atoms with Gasteiger partial charge >= 0.3 is 5.97 Å². The van der Waals surface area contributed by atoms with Crippen LogP contribution in [0.2, 0.25) is 0 Å². The lowest BCUT2D eigenvalue weighted by Crippen LogP contribution is -2.67. The molecule has 0 aromatic heterocycles. The van der Waals surface area contributed by atoms with E-state index in [1.807, 2.05) is 0 Å². The highest BCUT2D eigenvalue weighted by atomic mass is 16.7. The molecule has 9 N–H and O–H groups in total. The lowest BCUT2D eigenvalue weighted by atomic mass is 9.88. The first-order chi connectivity index (χ1) is 11.2. The van der Waals surface area contributed by atoms with Gasteiger partial charge in [-0.3, -0.25) is 4.79 Å². The van der Waals surface area contributed by atoms with Gasteiger partial charge in [-0.1, -0.05) is 0 Å². The monoisotopic (exact) mass is 373 g/mol. The molecule has 1 aliphatic rings. The molecule has 0 aromatic carbocycles. The van der Waals surface area contributed by atoms with Crippen molar-refractivity contribution in [2.75, 3.05) is 20.8 Å². The van der Waals surface area contributed by atoms with Gasteiger partial charge < -0.3 is 50.9 Å². The van der Waals surface area contributed by atoms with Crippen LogP contribution < -0.4 is 5.32 Å². The van der Waals surface area contributed by atoms with Crippen molar-refractivity contribution >= 4 is 11.9 Å². The molecule has 0 saturated carbocycles. The first-order valence-electron chi connectivity index (χ1n) is 7.01. The first-order valence-corrected chi connectivity index (χ1v) is 7.01. The molecule has 1 heterocycles. The predicted octanol–water partition coefficient (Wildman–Crippen LogP) is -5.00. The van der Waals surface area contributed by atoms with E-state index in [0.29, 0.717) is 0 Å². The number of methoxy groups -OCH3 is 1. The summed E-state index contributed by atoms with van der Waals surface area (Å²) >= 11 is 0.